The lowest BCUT2D eigenvalue weighted by molar-refractivity contribution is 0.0381. The van der Waals surface area contributed by atoms with Crippen LogP contribution in [0.3, 0.4) is 0 Å². The van der Waals surface area contributed by atoms with Crippen LogP contribution in [0.5, 0.6) is 0 Å². The van der Waals surface area contributed by atoms with Gasteiger partial charge in [0.05, 0.1) is 6.07 Å². The van der Waals surface area contributed by atoms with Gasteiger partial charge in [0.25, 0.3) is 0 Å². The highest BCUT2D eigenvalue weighted by Crippen LogP contribution is 2.49. The van der Waals surface area contributed by atoms with Crippen molar-refractivity contribution >= 4 is 0 Å². The summed E-state index contributed by atoms with van der Waals surface area (Å²) in [6, 6.07) is 2.31. The zero-order valence-electron chi connectivity index (χ0n) is 8.20. The van der Waals surface area contributed by atoms with Gasteiger partial charge in [0.1, 0.15) is 6.10 Å². The molecule has 0 aromatic rings. The molecule has 2 fully saturated rings. The Morgan fingerprint density at radius 3 is 2.77 bits per heavy atom. The Bertz CT molecular complexity index is 221. The van der Waals surface area contributed by atoms with Gasteiger partial charge < -0.3 is 4.74 Å². The average Bonchev–Trinajstić information content (AvgIpc) is 2.74. The van der Waals surface area contributed by atoms with E-state index in [1.807, 2.05) is 6.92 Å². The summed E-state index contributed by atoms with van der Waals surface area (Å²) in [5.41, 5.74) is 0. The molecule has 0 radical (unpaired) electrons. The van der Waals surface area contributed by atoms with Crippen molar-refractivity contribution in [1.82, 2.24) is 0 Å². The van der Waals surface area contributed by atoms with Crippen molar-refractivity contribution in [3.63, 3.8) is 0 Å². The molecule has 2 nitrogen and oxygen atoms in total. The summed E-state index contributed by atoms with van der Waals surface area (Å²) in [6.07, 6.45) is 5.20. The van der Waals surface area contributed by atoms with E-state index < -0.39 is 0 Å². The van der Waals surface area contributed by atoms with Crippen LogP contribution in [-0.2, 0) is 4.74 Å². The second kappa shape index (κ2) is 3.67. The van der Waals surface area contributed by atoms with E-state index in [0.717, 1.165) is 11.8 Å². The van der Waals surface area contributed by atoms with Crippen LogP contribution < -0.4 is 0 Å². The number of hydrogen-bond acceptors (Lipinski definition) is 2. The van der Waals surface area contributed by atoms with Gasteiger partial charge in [-0.3, -0.25) is 0 Å². The van der Waals surface area contributed by atoms with Gasteiger partial charge in [-0.05, 0) is 38.0 Å². The Balaban J connectivity index is 1.97. The minimum atomic E-state index is -0.125. The fourth-order valence-electron chi connectivity index (χ4n) is 3.10. The van der Waals surface area contributed by atoms with Crippen molar-refractivity contribution in [3.05, 3.63) is 0 Å². The van der Waals surface area contributed by atoms with Crippen LogP contribution in [0.4, 0.5) is 0 Å². The van der Waals surface area contributed by atoms with Gasteiger partial charge >= 0.3 is 0 Å². The summed E-state index contributed by atoms with van der Waals surface area (Å²) in [7, 11) is 0. The maximum Gasteiger partial charge on any atom is 0.147 e. The molecular weight excluding hydrogens is 162 g/mol. The number of ether oxygens (including phenoxy) is 1. The van der Waals surface area contributed by atoms with Gasteiger partial charge in [-0.1, -0.05) is 6.42 Å². The molecule has 2 bridgehead atoms. The first-order chi connectivity index (χ1) is 6.35. The van der Waals surface area contributed by atoms with Crippen molar-refractivity contribution in [2.75, 3.05) is 6.61 Å². The van der Waals surface area contributed by atoms with Crippen molar-refractivity contribution in [2.45, 2.75) is 38.7 Å². The first kappa shape index (κ1) is 9.02. The van der Waals surface area contributed by atoms with E-state index in [9.17, 15) is 0 Å². The molecule has 2 aliphatic carbocycles. The zero-order chi connectivity index (χ0) is 9.26. The molecule has 0 aromatic carbocycles. The molecule has 0 saturated heterocycles. The SMILES string of the molecule is CCOC(C#N)C1CC2CCC1C2. The summed E-state index contributed by atoms with van der Waals surface area (Å²) in [6.45, 7) is 2.64. The predicted molar refractivity (Wildman–Crippen MR) is 50.0 cm³/mol. The lowest BCUT2D eigenvalue weighted by Crippen LogP contribution is -2.27. The Kier molecular flexibility index (Phi) is 2.55. The van der Waals surface area contributed by atoms with E-state index in [1.165, 1.54) is 25.7 Å². The maximum atomic E-state index is 8.97. The van der Waals surface area contributed by atoms with Crippen LogP contribution in [-0.4, -0.2) is 12.7 Å². The summed E-state index contributed by atoms with van der Waals surface area (Å²) >= 11 is 0. The lowest BCUT2D eigenvalue weighted by Gasteiger charge is -2.25. The Labute approximate surface area is 79.9 Å². The topological polar surface area (TPSA) is 33.0 Å². The molecule has 72 valence electrons. The predicted octanol–water partition coefficient (Wildman–Crippen LogP) is 2.35. The smallest absolute Gasteiger partial charge is 0.147 e. The van der Waals surface area contributed by atoms with Crippen LogP contribution in [0.2, 0.25) is 0 Å². The molecule has 4 unspecified atom stereocenters. The minimum absolute atomic E-state index is 0.125. The summed E-state index contributed by atoms with van der Waals surface area (Å²) in [5.74, 6) is 2.25. The fourth-order valence-corrected chi connectivity index (χ4v) is 3.10. The first-order valence-electron chi connectivity index (χ1n) is 5.36. The second-order valence-corrected chi connectivity index (χ2v) is 4.34. The number of fused-ring (bicyclic) bond motifs is 2. The van der Waals surface area contributed by atoms with Gasteiger partial charge in [0, 0.05) is 12.5 Å². The first-order valence-corrected chi connectivity index (χ1v) is 5.36. The Hall–Kier alpha value is -0.550. The molecular formula is C11H17NO. The number of rotatable bonds is 3. The maximum absolute atomic E-state index is 8.97. The van der Waals surface area contributed by atoms with Crippen molar-refractivity contribution in [1.29, 1.82) is 5.26 Å². The molecule has 0 N–H and O–H groups in total. The quantitative estimate of drug-likeness (QED) is 0.666. The zero-order valence-corrected chi connectivity index (χ0v) is 8.20. The van der Waals surface area contributed by atoms with E-state index in [1.54, 1.807) is 0 Å². The monoisotopic (exact) mass is 179 g/mol. The summed E-state index contributed by atoms with van der Waals surface area (Å²) in [4.78, 5) is 0. The van der Waals surface area contributed by atoms with Crippen LogP contribution in [0.15, 0.2) is 0 Å². The normalized spacial score (nSPS) is 38.9. The van der Waals surface area contributed by atoms with Crippen molar-refractivity contribution in [3.8, 4) is 6.07 Å². The number of nitrogens with zero attached hydrogens (tertiary/aromatic N) is 1. The Morgan fingerprint density at radius 1 is 1.46 bits per heavy atom. The van der Waals surface area contributed by atoms with E-state index in [4.69, 9.17) is 10.00 Å². The fraction of sp³-hybridized carbons (Fsp3) is 0.909. The molecule has 2 heteroatoms. The molecule has 0 amide bonds. The minimum Gasteiger partial charge on any atom is -0.363 e. The highest BCUT2D eigenvalue weighted by Gasteiger charge is 2.43. The lowest BCUT2D eigenvalue weighted by atomic mass is 9.85. The van der Waals surface area contributed by atoms with E-state index in [2.05, 4.69) is 6.07 Å². The number of nitriles is 1. The highest BCUT2D eigenvalue weighted by molar-refractivity contribution is 5.00. The van der Waals surface area contributed by atoms with E-state index in [0.29, 0.717) is 12.5 Å². The van der Waals surface area contributed by atoms with Gasteiger partial charge in [-0.15, -0.1) is 0 Å². The van der Waals surface area contributed by atoms with Crippen molar-refractivity contribution in [2.24, 2.45) is 17.8 Å². The molecule has 2 rings (SSSR count). The Morgan fingerprint density at radius 2 is 2.31 bits per heavy atom. The third-order valence-electron chi connectivity index (χ3n) is 3.66. The molecule has 0 aliphatic heterocycles. The van der Waals surface area contributed by atoms with Gasteiger partial charge in [-0.2, -0.15) is 5.26 Å². The standard InChI is InChI=1S/C11H17NO/c1-2-13-11(7-12)10-6-8-3-4-9(10)5-8/h8-11H,2-6H2,1H3. The molecule has 4 atom stereocenters. The average molecular weight is 179 g/mol. The van der Waals surface area contributed by atoms with E-state index in [-0.39, 0.29) is 6.10 Å². The van der Waals surface area contributed by atoms with Crippen LogP contribution >= 0.6 is 0 Å². The highest BCUT2D eigenvalue weighted by atomic mass is 16.5. The van der Waals surface area contributed by atoms with Gasteiger partial charge in [0.2, 0.25) is 0 Å². The number of hydrogen-bond donors (Lipinski definition) is 0. The van der Waals surface area contributed by atoms with Crippen LogP contribution in [0.25, 0.3) is 0 Å². The molecule has 2 aliphatic rings. The third kappa shape index (κ3) is 1.58. The van der Waals surface area contributed by atoms with Crippen LogP contribution in [0.1, 0.15) is 32.6 Å². The summed E-state index contributed by atoms with van der Waals surface area (Å²) in [5, 5.41) is 8.97. The van der Waals surface area contributed by atoms with E-state index >= 15 is 0 Å². The van der Waals surface area contributed by atoms with Gasteiger partial charge in [-0.25, -0.2) is 0 Å². The molecule has 0 aromatic heterocycles. The van der Waals surface area contributed by atoms with Crippen LogP contribution in [0, 0.1) is 29.1 Å². The summed E-state index contributed by atoms with van der Waals surface area (Å²) < 4.78 is 5.47. The largest absolute Gasteiger partial charge is 0.363 e. The van der Waals surface area contributed by atoms with Gasteiger partial charge in [0.15, 0.2) is 0 Å². The van der Waals surface area contributed by atoms with Crippen molar-refractivity contribution < 1.29 is 4.74 Å². The molecule has 0 spiro atoms. The third-order valence-corrected chi connectivity index (χ3v) is 3.66. The molecule has 13 heavy (non-hydrogen) atoms. The molecule has 2 saturated carbocycles. The molecule has 0 heterocycles. The second-order valence-electron chi connectivity index (χ2n) is 4.34.